The first-order valence-electron chi connectivity index (χ1n) is 8.38. The van der Waals surface area contributed by atoms with E-state index in [4.69, 9.17) is 9.90 Å². The molecule has 0 aromatic carbocycles. The summed E-state index contributed by atoms with van der Waals surface area (Å²) in [6, 6.07) is 0. The van der Waals surface area contributed by atoms with Gasteiger partial charge in [-0.3, -0.25) is 24.5 Å². The van der Waals surface area contributed by atoms with Crippen LogP contribution in [0.3, 0.4) is 0 Å². The summed E-state index contributed by atoms with van der Waals surface area (Å²) >= 11 is 0. The fourth-order valence-electron chi connectivity index (χ4n) is 3.11. The zero-order valence-corrected chi connectivity index (χ0v) is 14.6. The van der Waals surface area contributed by atoms with Crippen LogP contribution in [0.4, 0.5) is 0 Å². The molecule has 0 atom stereocenters. The molecule has 7 heteroatoms. The minimum absolute atomic E-state index is 0.108. The maximum atomic E-state index is 12.0. The summed E-state index contributed by atoms with van der Waals surface area (Å²) in [5.41, 5.74) is 1.03. The number of amides is 1. The standard InChI is InChI=1S/C16H26N4O.CH2O2/c1-3-20(2)16(8-4-5-9-16)13-19-15(21)7-6-14-12-17-10-11-18-14;2-1-3/h10-12H,3-9,13H2,1-2H3,(H,19,21);1H,(H,2,3). The van der Waals surface area contributed by atoms with E-state index < -0.39 is 0 Å². The number of rotatable bonds is 7. The van der Waals surface area contributed by atoms with Gasteiger partial charge in [0.05, 0.1) is 5.69 Å². The maximum absolute atomic E-state index is 12.0. The number of carbonyl (C=O) groups is 2. The van der Waals surface area contributed by atoms with Gasteiger partial charge in [0, 0.05) is 37.1 Å². The van der Waals surface area contributed by atoms with Crippen LogP contribution in [-0.2, 0) is 16.0 Å². The molecule has 0 unspecified atom stereocenters. The SMILES string of the molecule is CCN(C)C1(CNC(=O)CCc2cnccn2)CCCC1.O=CO. The lowest BCUT2D eigenvalue weighted by Gasteiger charge is -2.38. The first kappa shape index (κ1) is 20.0. The molecule has 0 bridgehead atoms. The van der Waals surface area contributed by atoms with Gasteiger partial charge < -0.3 is 10.4 Å². The molecule has 0 saturated heterocycles. The number of aryl methyl sites for hydroxylation is 1. The zero-order chi connectivity index (χ0) is 17.8. The van der Waals surface area contributed by atoms with E-state index in [0.717, 1.165) is 18.8 Å². The van der Waals surface area contributed by atoms with E-state index in [9.17, 15) is 4.79 Å². The molecular weight excluding hydrogens is 308 g/mol. The first-order chi connectivity index (χ1) is 11.6. The molecule has 2 N–H and O–H groups in total. The van der Waals surface area contributed by atoms with Crippen LogP contribution >= 0.6 is 0 Å². The van der Waals surface area contributed by atoms with Gasteiger partial charge in [-0.1, -0.05) is 19.8 Å². The van der Waals surface area contributed by atoms with Crippen molar-refractivity contribution in [2.75, 3.05) is 20.1 Å². The third kappa shape index (κ3) is 6.23. The van der Waals surface area contributed by atoms with Gasteiger partial charge in [-0.15, -0.1) is 0 Å². The lowest BCUT2D eigenvalue weighted by atomic mass is 9.95. The molecule has 0 aliphatic heterocycles. The fraction of sp³-hybridized carbons (Fsp3) is 0.647. The highest BCUT2D eigenvalue weighted by Gasteiger charge is 2.37. The van der Waals surface area contributed by atoms with E-state index in [1.54, 1.807) is 18.6 Å². The Balaban J connectivity index is 0.000000891. The van der Waals surface area contributed by atoms with Crippen molar-refractivity contribution < 1.29 is 14.7 Å². The summed E-state index contributed by atoms with van der Waals surface area (Å²) < 4.78 is 0. The van der Waals surface area contributed by atoms with E-state index >= 15 is 0 Å². The smallest absolute Gasteiger partial charge is 0.290 e. The predicted molar refractivity (Wildman–Crippen MR) is 91.6 cm³/mol. The number of nitrogens with one attached hydrogen (secondary N) is 1. The van der Waals surface area contributed by atoms with E-state index in [2.05, 4.69) is 34.2 Å². The molecule has 1 aliphatic rings. The number of carbonyl (C=O) groups excluding carboxylic acids is 1. The Hall–Kier alpha value is -2.02. The van der Waals surface area contributed by atoms with Crippen LogP contribution in [0.25, 0.3) is 0 Å². The number of likely N-dealkylation sites (N-methyl/N-ethyl adjacent to an activating group) is 1. The highest BCUT2D eigenvalue weighted by molar-refractivity contribution is 5.76. The molecule has 0 spiro atoms. The lowest BCUT2D eigenvalue weighted by Crippen LogP contribution is -2.52. The number of nitrogens with zero attached hydrogens (tertiary/aromatic N) is 3. The maximum Gasteiger partial charge on any atom is 0.290 e. The summed E-state index contributed by atoms with van der Waals surface area (Å²) in [5.74, 6) is 0.108. The molecular formula is C17H28N4O3. The van der Waals surface area contributed by atoms with Gasteiger partial charge in [-0.25, -0.2) is 0 Å². The normalized spacial score (nSPS) is 15.5. The van der Waals surface area contributed by atoms with Gasteiger partial charge in [-0.05, 0) is 32.9 Å². The average molecular weight is 336 g/mol. The van der Waals surface area contributed by atoms with Gasteiger partial charge in [0.1, 0.15) is 0 Å². The van der Waals surface area contributed by atoms with Crippen LogP contribution in [0.5, 0.6) is 0 Å². The molecule has 1 amide bonds. The van der Waals surface area contributed by atoms with Crippen LogP contribution in [0.15, 0.2) is 18.6 Å². The quantitative estimate of drug-likeness (QED) is 0.733. The van der Waals surface area contributed by atoms with Gasteiger partial charge in [0.15, 0.2) is 0 Å². The summed E-state index contributed by atoms with van der Waals surface area (Å²) in [7, 11) is 2.16. The summed E-state index contributed by atoms with van der Waals surface area (Å²) in [6.45, 7) is 3.71. The van der Waals surface area contributed by atoms with Crippen molar-refractivity contribution in [3.05, 3.63) is 24.3 Å². The molecule has 0 radical (unpaired) electrons. The molecule has 134 valence electrons. The second-order valence-electron chi connectivity index (χ2n) is 6.02. The predicted octanol–water partition coefficient (Wildman–Crippen LogP) is 1.49. The van der Waals surface area contributed by atoms with Crippen molar-refractivity contribution in [2.45, 2.75) is 51.0 Å². The zero-order valence-electron chi connectivity index (χ0n) is 14.6. The number of hydrogen-bond donors (Lipinski definition) is 2. The minimum atomic E-state index is -0.250. The molecule has 1 aromatic rings. The van der Waals surface area contributed by atoms with Crippen molar-refractivity contribution in [3.8, 4) is 0 Å². The van der Waals surface area contributed by atoms with E-state index in [-0.39, 0.29) is 17.9 Å². The monoisotopic (exact) mass is 336 g/mol. The minimum Gasteiger partial charge on any atom is -0.483 e. The number of aromatic nitrogens is 2. The van der Waals surface area contributed by atoms with Crippen LogP contribution in [0, 0.1) is 0 Å². The highest BCUT2D eigenvalue weighted by Crippen LogP contribution is 2.33. The summed E-state index contributed by atoms with van der Waals surface area (Å²) in [4.78, 5) is 31.0. The second kappa shape index (κ2) is 10.7. The average Bonchev–Trinajstić information content (AvgIpc) is 3.09. The van der Waals surface area contributed by atoms with E-state index in [0.29, 0.717) is 12.8 Å². The molecule has 1 saturated carbocycles. The number of carboxylic acid groups (broad SMARTS) is 1. The Morgan fingerprint density at radius 1 is 1.42 bits per heavy atom. The van der Waals surface area contributed by atoms with Crippen LogP contribution in [-0.4, -0.2) is 58.0 Å². The van der Waals surface area contributed by atoms with E-state index in [1.807, 2.05) is 0 Å². The largest absolute Gasteiger partial charge is 0.483 e. The molecule has 24 heavy (non-hydrogen) atoms. The van der Waals surface area contributed by atoms with Gasteiger partial charge in [0.2, 0.25) is 5.91 Å². The van der Waals surface area contributed by atoms with E-state index in [1.165, 1.54) is 25.7 Å². The van der Waals surface area contributed by atoms with Crippen LogP contribution < -0.4 is 5.32 Å². The number of hydrogen-bond acceptors (Lipinski definition) is 5. The first-order valence-corrected chi connectivity index (χ1v) is 8.38. The third-order valence-corrected chi connectivity index (χ3v) is 4.66. The third-order valence-electron chi connectivity index (χ3n) is 4.66. The van der Waals surface area contributed by atoms with Crippen molar-refractivity contribution in [1.82, 2.24) is 20.2 Å². The Kier molecular flexibility index (Phi) is 8.93. The molecule has 1 fully saturated rings. The van der Waals surface area contributed by atoms with Gasteiger partial charge in [0.25, 0.3) is 6.47 Å². The van der Waals surface area contributed by atoms with Crippen molar-refractivity contribution in [3.63, 3.8) is 0 Å². The Morgan fingerprint density at radius 3 is 2.62 bits per heavy atom. The topological polar surface area (TPSA) is 95.4 Å². The molecule has 7 nitrogen and oxygen atoms in total. The molecule has 1 aliphatic carbocycles. The molecule has 2 rings (SSSR count). The Labute approximate surface area is 143 Å². The summed E-state index contributed by atoms with van der Waals surface area (Å²) in [5, 5.41) is 10.0. The fourth-order valence-corrected chi connectivity index (χ4v) is 3.11. The van der Waals surface area contributed by atoms with Gasteiger partial charge in [-0.2, -0.15) is 0 Å². The summed E-state index contributed by atoms with van der Waals surface area (Å²) in [6.07, 6.45) is 11.0. The molecule has 1 heterocycles. The van der Waals surface area contributed by atoms with Gasteiger partial charge >= 0.3 is 0 Å². The lowest BCUT2D eigenvalue weighted by molar-refractivity contribution is -0.123. The van der Waals surface area contributed by atoms with Crippen molar-refractivity contribution >= 4 is 12.4 Å². The Bertz CT molecular complexity index is 490. The highest BCUT2D eigenvalue weighted by atomic mass is 16.3. The molecule has 1 aromatic heterocycles. The second-order valence-corrected chi connectivity index (χ2v) is 6.02. The Morgan fingerprint density at radius 2 is 2.08 bits per heavy atom. The van der Waals surface area contributed by atoms with Crippen LogP contribution in [0.1, 0.15) is 44.7 Å². The van der Waals surface area contributed by atoms with Crippen molar-refractivity contribution in [1.29, 1.82) is 0 Å². The van der Waals surface area contributed by atoms with Crippen molar-refractivity contribution in [2.24, 2.45) is 0 Å². The van der Waals surface area contributed by atoms with Crippen LogP contribution in [0.2, 0.25) is 0 Å².